The lowest BCUT2D eigenvalue weighted by molar-refractivity contribution is 0.220. The van der Waals surface area contributed by atoms with E-state index >= 15 is 0 Å². The quantitative estimate of drug-likeness (QED) is 0.387. The molecule has 4 unspecified atom stereocenters. The first-order valence-electron chi connectivity index (χ1n) is 9.75. The minimum Gasteiger partial charge on any atom is -0.103 e. The Labute approximate surface area is 133 Å². The molecule has 0 saturated heterocycles. The molecule has 3 fully saturated rings. The summed E-state index contributed by atoms with van der Waals surface area (Å²) in [6.45, 7) is 9.51. The summed E-state index contributed by atoms with van der Waals surface area (Å²) in [5.74, 6) is 3.26. The maximum atomic E-state index is 3.97. The maximum absolute atomic E-state index is 3.97. The van der Waals surface area contributed by atoms with Crippen molar-refractivity contribution in [1.82, 2.24) is 0 Å². The van der Waals surface area contributed by atoms with Gasteiger partial charge in [0.15, 0.2) is 0 Å². The third-order valence-corrected chi connectivity index (χ3v) is 12.9. The molecule has 0 spiro atoms. The molecule has 0 amide bonds. The summed E-state index contributed by atoms with van der Waals surface area (Å²) in [5.41, 5.74) is 2.31. The van der Waals surface area contributed by atoms with Crippen LogP contribution in [0.1, 0.15) is 70.6 Å². The van der Waals surface area contributed by atoms with Crippen LogP contribution in [0, 0.1) is 17.8 Å². The van der Waals surface area contributed by atoms with Crippen LogP contribution in [0.2, 0.25) is 24.2 Å². The fraction of sp³-hybridized carbons (Fsp3) is 0.900. The largest absolute Gasteiger partial charge is 0.103 e. The molecule has 0 N–H and O–H groups in total. The Morgan fingerprint density at radius 3 is 2.24 bits per heavy atom. The topological polar surface area (TPSA) is 0 Å². The molecule has 0 aliphatic heterocycles. The van der Waals surface area contributed by atoms with E-state index in [1.807, 2.05) is 0 Å². The van der Waals surface area contributed by atoms with E-state index in [1.165, 1.54) is 38.5 Å². The Kier molecular flexibility index (Phi) is 4.98. The molecule has 0 aromatic rings. The summed E-state index contributed by atoms with van der Waals surface area (Å²) in [7, 11) is -1.05. The highest BCUT2D eigenvalue weighted by molar-refractivity contribution is 6.80. The second kappa shape index (κ2) is 6.60. The van der Waals surface area contributed by atoms with Crippen molar-refractivity contribution in [1.29, 1.82) is 0 Å². The van der Waals surface area contributed by atoms with Crippen molar-refractivity contribution in [2.24, 2.45) is 17.8 Å². The molecule has 0 heterocycles. The maximum Gasteiger partial charge on any atom is 0.0538 e. The molecule has 3 saturated carbocycles. The molecule has 3 aliphatic carbocycles. The van der Waals surface area contributed by atoms with Crippen LogP contribution in [0.3, 0.4) is 0 Å². The van der Waals surface area contributed by atoms with Crippen LogP contribution in [0.15, 0.2) is 12.7 Å². The van der Waals surface area contributed by atoms with Gasteiger partial charge in [0, 0.05) is 0 Å². The third-order valence-electron chi connectivity index (χ3n) is 7.66. The Balaban J connectivity index is 1.75. The van der Waals surface area contributed by atoms with Crippen molar-refractivity contribution < 1.29 is 0 Å². The number of fused-ring (bicyclic) bond motifs is 1. The predicted octanol–water partition coefficient (Wildman–Crippen LogP) is 6.80. The molecular formula is C20H36Si. The second-order valence-electron chi connectivity index (χ2n) is 8.88. The average molecular weight is 305 g/mol. The standard InChI is InChI=1S/C20H36Si/c1-4-5-10-16-15-20(19-14-9-8-13-18(16)19)21(2,3)17-11-6-7-12-17/h4,16-20H,1,5-15H2,2-3H3. The summed E-state index contributed by atoms with van der Waals surface area (Å²) in [4.78, 5) is 0. The minimum absolute atomic E-state index is 1.05. The van der Waals surface area contributed by atoms with Gasteiger partial charge in [-0.1, -0.05) is 64.1 Å². The van der Waals surface area contributed by atoms with Gasteiger partial charge in [-0.25, -0.2) is 0 Å². The number of allylic oxidation sites excluding steroid dienone is 1. The third kappa shape index (κ3) is 3.05. The van der Waals surface area contributed by atoms with E-state index in [-0.39, 0.29) is 0 Å². The van der Waals surface area contributed by atoms with Crippen molar-refractivity contribution in [3.05, 3.63) is 12.7 Å². The van der Waals surface area contributed by atoms with Crippen molar-refractivity contribution in [3.8, 4) is 0 Å². The first-order valence-corrected chi connectivity index (χ1v) is 12.9. The molecule has 0 nitrogen and oxygen atoms in total. The summed E-state index contributed by atoms with van der Waals surface area (Å²) in [6, 6.07) is 0. The number of hydrogen-bond donors (Lipinski definition) is 0. The fourth-order valence-corrected chi connectivity index (χ4v) is 11.4. The van der Waals surface area contributed by atoms with Gasteiger partial charge in [0.05, 0.1) is 8.07 Å². The van der Waals surface area contributed by atoms with Crippen LogP contribution in [0.25, 0.3) is 0 Å². The molecule has 0 aromatic carbocycles. The zero-order chi connectivity index (χ0) is 14.9. The van der Waals surface area contributed by atoms with Crippen molar-refractivity contribution in [2.75, 3.05) is 0 Å². The lowest BCUT2D eigenvalue weighted by atomic mass is 9.77. The minimum atomic E-state index is -1.05. The van der Waals surface area contributed by atoms with E-state index in [2.05, 4.69) is 25.7 Å². The first-order chi connectivity index (χ1) is 10.1. The molecule has 3 rings (SSSR count). The van der Waals surface area contributed by atoms with E-state index in [0.29, 0.717) is 0 Å². The Morgan fingerprint density at radius 2 is 1.57 bits per heavy atom. The average Bonchev–Trinajstić information content (AvgIpc) is 3.14. The highest BCUT2D eigenvalue weighted by Gasteiger charge is 2.52. The van der Waals surface area contributed by atoms with Gasteiger partial charge in [0.2, 0.25) is 0 Å². The molecular weight excluding hydrogens is 268 g/mol. The highest BCUT2D eigenvalue weighted by Crippen LogP contribution is 2.60. The van der Waals surface area contributed by atoms with Gasteiger partial charge in [-0.3, -0.25) is 0 Å². The van der Waals surface area contributed by atoms with Gasteiger partial charge in [-0.15, -0.1) is 6.58 Å². The second-order valence-corrected chi connectivity index (χ2v) is 14.1. The van der Waals surface area contributed by atoms with Gasteiger partial charge in [0.25, 0.3) is 0 Å². The number of hydrogen-bond acceptors (Lipinski definition) is 0. The van der Waals surface area contributed by atoms with E-state index < -0.39 is 8.07 Å². The normalized spacial score (nSPS) is 37.6. The zero-order valence-electron chi connectivity index (χ0n) is 14.4. The van der Waals surface area contributed by atoms with Crippen LogP contribution in [0.4, 0.5) is 0 Å². The monoisotopic (exact) mass is 304 g/mol. The Hall–Kier alpha value is -0.0431. The molecule has 0 aromatic heterocycles. The van der Waals surface area contributed by atoms with E-state index in [9.17, 15) is 0 Å². The van der Waals surface area contributed by atoms with Gasteiger partial charge < -0.3 is 0 Å². The molecule has 0 radical (unpaired) electrons. The van der Waals surface area contributed by atoms with E-state index in [4.69, 9.17) is 0 Å². The molecule has 1 heteroatoms. The lowest BCUT2D eigenvalue weighted by Crippen LogP contribution is -2.40. The van der Waals surface area contributed by atoms with Crippen molar-refractivity contribution in [3.63, 3.8) is 0 Å². The molecule has 4 atom stereocenters. The molecule has 120 valence electrons. The summed E-state index contributed by atoms with van der Waals surface area (Å²) >= 11 is 0. The van der Waals surface area contributed by atoms with Crippen LogP contribution in [-0.4, -0.2) is 8.07 Å². The van der Waals surface area contributed by atoms with Gasteiger partial charge in [-0.2, -0.15) is 0 Å². The zero-order valence-corrected chi connectivity index (χ0v) is 15.4. The fourth-order valence-electron chi connectivity index (χ4n) is 6.44. The van der Waals surface area contributed by atoms with Crippen LogP contribution in [0.5, 0.6) is 0 Å². The summed E-state index contributed by atoms with van der Waals surface area (Å²) < 4.78 is 0. The van der Waals surface area contributed by atoms with Gasteiger partial charge in [0.1, 0.15) is 0 Å². The summed E-state index contributed by atoms with van der Waals surface area (Å²) in [5, 5.41) is 0. The van der Waals surface area contributed by atoms with Gasteiger partial charge >= 0.3 is 0 Å². The Bertz CT molecular complexity index is 353. The van der Waals surface area contributed by atoms with Crippen molar-refractivity contribution >= 4 is 8.07 Å². The SMILES string of the molecule is C=CCCC1CC([Si](C)(C)C2CCCC2)C2CCCCC12. The smallest absolute Gasteiger partial charge is 0.0538 e. The Morgan fingerprint density at radius 1 is 0.952 bits per heavy atom. The lowest BCUT2D eigenvalue weighted by Gasteiger charge is -2.41. The van der Waals surface area contributed by atoms with Crippen molar-refractivity contribution in [2.45, 2.75) is 94.8 Å². The van der Waals surface area contributed by atoms with Crippen LogP contribution < -0.4 is 0 Å². The van der Waals surface area contributed by atoms with E-state index in [0.717, 1.165) is 28.8 Å². The molecule has 3 aliphatic rings. The predicted molar refractivity (Wildman–Crippen MR) is 96.4 cm³/mol. The van der Waals surface area contributed by atoms with Gasteiger partial charge in [-0.05, 0) is 54.5 Å². The highest BCUT2D eigenvalue weighted by atomic mass is 28.3. The van der Waals surface area contributed by atoms with E-state index in [1.54, 1.807) is 32.1 Å². The van der Waals surface area contributed by atoms with Crippen LogP contribution >= 0.6 is 0 Å². The molecule has 0 bridgehead atoms. The first kappa shape index (κ1) is 15.8. The summed E-state index contributed by atoms with van der Waals surface area (Å²) in [6.07, 6.45) is 18.8. The molecule has 21 heavy (non-hydrogen) atoms. The van der Waals surface area contributed by atoms with Crippen LogP contribution in [-0.2, 0) is 0 Å². The number of rotatable bonds is 5.